The maximum atomic E-state index is 12.4. The number of carbonyl (C=O) groups excluding carboxylic acids is 1. The molecule has 0 aromatic heterocycles. The Kier molecular flexibility index (Phi) is 13.0. The average Bonchev–Trinajstić information content (AvgIpc) is 3.14. The van der Waals surface area contributed by atoms with E-state index >= 15 is 0 Å². The number of hydrogen-bond donors (Lipinski definition) is 0. The number of esters is 1. The topological polar surface area (TPSA) is 29.5 Å². The molecule has 0 aromatic rings. The van der Waals surface area contributed by atoms with E-state index in [9.17, 15) is 4.79 Å². The molecule has 0 N–H and O–H groups in total. The Morgan fingerprint density at radius 2 is 1.42 bits per heavy atom. The van der Waals surface area contributed by atoms with Crippen LogP contribution in [0.4, 0.5) is 0 Å². The van der Waals surface area contributed by atoms with E-state index in [2.05, 4.69) is 25.7 Å². The zero-order valence-electron chi connectivity index (χ0n) is 17.9. The van der Waals surface area contributed by atoms with Gasteiger partial charge in [0.05, 0.1) is 0 Å². The van der Waals surface area contributed by atoms with E-state index in [1.807, 2.05) is 13.0 Å². The Bertz CT molecular complexity index is 395. The first-order chi connectivity index (χ1) is 12.6. The van der Waals surface area contributed by atoms with Crippen LogP contribution in [-0.2, 0) is 9.53 Å². The molecular weight excluding hydrogens is 429 g/mol. The fourth-order valence-corrected chi connectivity index (χ4v) is 20.8. The molecule has 0 atom stereocenters. The van der Waals surface area contributed by atoms with Gasteiger partial charge in [0.25, 0.3) is 0 Å². The predicted molar refractivity (Wildman–Crippen MR) is 115 cm³/mol. The van der Waals surface area contributed by atoms with Crippen LogP contribution < -0.4 is 0 Å². The van der Waals surface area contributed by atoms with Crippen LogP contribution in [0.25, 0.3) is 0 Å². The minimum atomic E-state index is -2.55. The number of likely N-dealkylation sites (tertiary alicyclic amines) is 1. The second kappa shape index (κ2) is 14.0. The molecule has 1 fully saturated rings. The van der Waals surface area contributed by atoms with Gasteiger partial charge in [0.1, 0.15) is 0 Å². The minimum absolute atomic E-state index is 0.0905. The molecule has 0 saturated carbocycles. The van der Waals surface area contributed by atoms with Crippen molar-refractivity contribution in [2.45, 2.75) is 92.4 Å². The number of carbonyl (C=O) groups is 1. The van der Waals surface area contributed by atoms with Crippen LogP contribution >= 0.6 is 0 Å². The van der Waals surface area contributed by atoms with E-state index in [0.717, 1.165) is 6.54 Å². The number of hydrogen-bond acceptors (Lipinski definition) is 3. The summed E-state index contributed by atoms with van der Waals surface area (Å²) in [6, 6.07) is 0. The molecule has 0 unspecified atom stereocenters. The maximum absolute atomic E-state index is 12.4. The van der Waals surface area contributed by atoms with Crippen molar-refractivity contribution in [3.8, 4) is 0 Å². The third kappa shape index (κ3) is 8.33. The summed E-state index contributed by atoms with van der Waals surface area (Å²) in [5, 5.41) is 0. The molecule has 152 valence electrons. The van der Waals surface area contributed by atoms with Crippen molar-refractivity contribution in [1.29, 1.82) is 0 Å². The van der Waals surface area contributed by atoms with Gasteiger partial charge in [-0.2, -0.15) is 0 Å². The molecule has 3 nitrogen and oxygen atoms in total. The van der Waals surface area contributed by atoms with Crippen LogP contribution in [-0.4, -0.2) is 55.5 Å². The summed E-state index contributed by atoms with van der Waals surface area (Å²) in [6.07, 6.45) is 12.4. The molecule has 4 heteroatoms. The predicted octanol–water partition coefficient (Wildman–Crippen LogP) is 5.96. The van der Waals surface area contributed by atoms with Crippen LogP contribution in [0.3, 0.4) is 0 Å². The molecule has 0 spiro atoms. The van der Waals surface area contributed by atoms with Gasteiger partial charge in [-0.3, -0.25) is 0 Å². The van der Waals surface area contributed by atoms with Gasteiger partial charge in [0.2, 0.25) is 0 Å². The Morgan fingerprint density at radius 3 is 1.85 bits per heavy atom. The van der Waals surface area contributed by atoms with Gasteiger partial charge in [-0.15, -0.1) is 0 Å². The zero-order valence-corrected chi connectivity index (χ0v) is 20.8. The molecule has 0 aromatic carbocycles. The molecule has 0 bridgehead atoms. The number of nitrogens with zero attached hydrogens (tertiary/aromatic N) is 1. The van der Waals surface area contributed by atoms with E-state index in [1.165, 1.54) is 77.8 Å². The number of ether oxygens (including phenoxy) is 1. The van der Waals surface area contributed by atoms with Crippen molar-refractivity contribution in [2.75, 3.05) is 26.2 Å². The summed E-state index contributed by atoms with van der Waals surface area (Å²) in [5.74, 6) is -0.0905. The van der Waals surface area contributed by atoms with Crippen LogP contribution in [0.2, 0.25) is 13.3 Å². The summed E-state index contributed by atoms with van der Waals surface area (Å²) in [6.45, 7) is 12.8. The quantitative estimate of drug-likeness (QED) is 0.178. The first-order valence-electron chi connectivity index (χ1n) is 11.2. The third-order valence-electron chi connectivity index (χ3n) is 5.88. The van der Waals surface area contributed by atoms with Gasteiger partial charge in [-0.25, -0.2) is 0 Å². The second-order valence-corrected chi connectivity index (χ2v) is 21.4. The van der Waals surface area contributed by atoms with Gasteiger partial charge in [-0.05, 0) is 0 Å². The molecule has 1 aliphatic rings. The standard InChI is InChI=1S/C10H16NO2.3C4H9.Sn/c1-2-13-10(12)6-5-9-11-7-3-4-8-11;3*1-3-4-2;/h6H,2-4,7-9H2,1H3;3*1,3-4H2,2H3;. The fourth-order valence-electron chi connectivity index (χ4n) is 4.28. The van der Waals surface area contributed by atoms with Gasteiger partial charge in [0, 0.05) is 0 Å². The van der Waals surface area contributed by atoms with Crippen molar-refractivity contribution in [2.24, 2.45) is 0 Å². The van der Waals surface area contributed by atoms with E-state index in [-0.39, 0.29) is 5.97 Å². The summed E-state index contributed by atoms with van der Waals surface area (Å²) in [7, 11) is 0. The van der Waals surface area contributed by atoms with Gasteiger partial charge < -0.3 is 0 Å². The molecule has 1 rings (SSSR count). The summed E-state index contributed by atoms with van der Waals surface area (Å²) in [5.41, 5.74) is 0. The van der Waals surface area contributed by atoms with Crippen molar-refractivity contribution in [3.05, 3.63) is 9.67 Å². The summed E-state index contributed by atoms with van der Waals surface area (Å²) >= 11 is -2.55. The third-order valence-corrected chi connectivity index (χ3v) is 21.9. The molecule has 1 aliphatic heterocycles. The molecule has 26 heavy (non-hydrogen) atoms. The van der Waals surface area contributed by atoms with Crippen molar-refractivity contribution in [3.63, 3.8) is 0 Å². The Morgan fingerprint density at radius 1 is 0.923 bits per heavy atom. The van der Waals surface area contributed by atoms with E-state index in [1.54, 1.807) is 3.59 Å². The summed E-state index contributed by atoms with van der Waals surface area (Å²) < 4.78 is 11.2. The van der Waals surface area contributed by atoms with E-state index in [0.29, 0.717) is 6.61 Å². The van der Waals surface area contributed by atoms with Gasteiger partial charge >= 0.3 is 167 Å². The normalized spacial score (nSPS) is 16.2. The Balaban J connectivity index is 3.16. The zero-order chi connectivity index (χ0) is 19.3. The van der Waals surface area contributed by atoms with Crippen LogP contribution in [0.5, 0.6) is 0 Å². The van der Waals surface area contributed by atoms with Gasteiger partial charge in [-0.1, -0.05) is 0 Å². The average molecular weight is 472 g/mol. The molecule has 0 amide bonds. The number of rotatable bonds is 14. The molecular formula is C22H43NO2Sn. The van der Waals surface area contributed by atoms with Gasteiger partial charge in [0.15, 0.2) is 0 Å². The Hall–Kier alpha value is -0.0313. The first-order valence-corrected chi connectivity index (χ1v) is 18.7. The molecule has 1 heterocycles. The Labute approximate surface area is 166 Å². The van der Waals surface area contributed by atoms with E-state index < -0.39 is 18.4 Å². The van der Waals surface area contributed by atoms with E-state index in [4.69, 9.17) is 4.74 Å². The molecule has 0 aliphatic carbocycles. The SMILES string of the molecule is CCC[CH2][Sn]([CH2]CCC)([CH2]CCC)/[C](=C\C(=O)OCC)CN1CCCC1. The van der Waals surface area contributed by atoms with Crippen molar-refractivity contribution < 1.29 is 9.53 Å². The van der Waals surface area contributed by atoms with Crippen LogP contribution in [0.1, 0.15) is 79.1 Å². The van der Waals surface area contributed by atoms with Crippen LogP contribution in [0, 0.1) is 0 Å². The molecule has 1 saturated heterocycles. The second-order valence-electron chi connectivity index (χ2n) is 8.00. The fraction of sp³-hybridized carbons (Fsp3) is 0.864. The van der Waals surface area contributed by atoms with Crippen molar-refractivity contribution in [1.82, 2.24) is 4.90 Å². The molecule has 0 radical (unpaired) electrons. The monoisotopic (exact) mass is 473 g/mol. The number of unbranched alkanes of at least 4 members (excludes halogenated alkanes) is 3. The first kappa shape index (κ1) is 24.0. The van der Waals surface area contributed by atoms with Crippen molar-refractivity contribution >= 4 is 24.3 Å². The summed E-state index contributed by atoms with van der Waals surface area (Å²) in [4.78, 5) is 15.0. The van der Waals surface area contributed by atoms with Crippen LogP contribution in [0.15, 0.2) is 9.67 Å².